The van der Waals surface area contributed by atoms with Gasteiger partial charge in [0.05, 0.1) is 6.07 Å². The number of hydrogen-bond acceptors (Lipinski definition) is 2. The summed E-state index contributed by atoms with van der Waals surface area (Å²) in [5, 5.41) is 9.05. The Morgan fingerprint density at radius 1 is 1.19 bits per heavy atom. The first-order valence-electron chi connectivity index (χ1n) is 4.62. The minimum absolute atomic E-state index is 0.0895. The minimum Gasteiger partial charge on any atom is -0.284 e. The molecular formula is C11H7Br3N2. The van der Waals surface area contributed by atoms with E-state index < -0.39 is 2.14 Å². The van der Waals surface area contributed by atoms with Crippen LogP contribution in [0.4, 0.5) is 0 Å². The second-order valence-electron chi connectivity index (χ2n) is 3.48. The van der Waals surface area contributed by atoms with Crippen LogP contribution in [0.2, 0.25) is 0 Å². The van der Waals surface area contributed by atoms with Crippen LogP contribution >= 0.6 is 47.8 Å². The number of nitrogens with zero attached hydrogens (tertiary/aromatic N) is 2. The van der Waals surface area contributed by atoms with Crippen LogP contribution in [-0.4, -0.2) is 8.36 Å². The number of rotatable bonds is 0. The lowest BCUT2D eigenvalue weighted by Gasteiger charge is -2.28. The third-order valence-corrected chi connectivity index (χ3v) is 3.76. The number of benzene rings is 1. The first kappa shape index (κ1) is 12.3. The summed E-state index contributed by atoms with van der Waals surface area (Å²) in [7, 11) is 0. The molecule has 0 radical (unpaired) electrons. The Kier molecular flexibility index (Phi) is 3.53. The van der Waals surface area contributed by atoms with E-state index >= 15 is 0 Å². The first-order chi connectivity index (χ1) is 7.54. The lowest BCUT2D eigenvalue weighted by molar-refractivity contribution is 0.763. The van der Waals surface area contributed by atoms with Crippen molar-refractivity contribution >= 4 is 54.0 Å². The summed E-state index contributed by atoms with van der Waals surface area (Å²) in [6, 6.07) is 10.0. The van der Waals surface area contributed by atoms with Gasteiger partial charge in [-0.3, -0.25) is 4.99 Å². The number of aliphatic imine (C=N–C) groups is 1. The van der Waals surface area contributed by atoms with E-state index in [4.69, 9.17) is 5.26 Å². The lowest BCUT2D eigenvalue weighted by atomic mass is 9.90. The highest BCUT2D eigenvalue weighted by atomic mass is 80.0. The van der Waals surface area contributed by atoms with Gasteiger partial charge < -0.3 is 0 Å². The van der Waals surface area contributed by atoms with Gasteiger partial charge >= 0.3 is 0 Å². The zero-order chi connectivity index (χ0) is 11.8. The molecule has 0 aromatic heterocycles. The Morgan fingerprint density at radius 3 is 2.38 bits per heavy atom. The highest BCUT2D eigenvalue weighted by molar-refractivity contribution is 9.39. The molecule has 0 N–H and O–H groups in total. The molecule has 82 valence electrons. The van der Waals surface area contributed by atoms with Crippen molar-refractivity contribution in [1.29, 1.82) is 5.26 Å². The van der Waals surface area contributed by atoms with Gasteiger partial charge in [-0.25, -0.2) is 0 Å². The molecule has 1 aliphatic heterocycles. The van der Waals surface area contributed by atoms with Crippen LogP contribution in [0.3, 0.4) is 0 Å². The molecule has 2 atom stereocenters. The van der Waals surface area contributed by atoms with Crippen molar-refractivity contribution in [2.45, 2.75) is 14.1 Å². The average molecular weight is 407 g/mol. The Morgan fingerprint density at radius 2 is 1.81 bits per heavy atom. The molecule has 1 aromatic carbocycles. The van der Waals surface area contributed by atoms with E-state index in [2.05, 4.69) is 58.9 Å². The molecule has 0 bridgehead atoms. The molecule has 1 aromatic rings. The lowest BCUT2D eigenvalue weighted by Crippen LogP contribution is -2.20. The summed E-state index contributed by atoms with van der Waals surface area (Å²) in [4.78, 5) is 4.41. The van der Waals surface area contributed by atoms with Crippen molar-refractivity contribution in [2.75, 3.05) is 0 Å². The second kappa shape index (κ2) is 4.59. The van der Waals surface area contributed by atoms with Gasteiger partial charge in [-0.1, -0.05) is 72.1 Å². The fourth-order valence-corrected chi connectivity index (χ4v) is 2.83. The quantitative estimate of drug-likeness (QED) is 0.593. The van der Waals surface area contributed by atoms with Crippen LogP contribution in [0.25, 0.3) is 0 Å². The Labute approximate surface area is 119 Å². The van der Waals surface area contributed by atoms with Crippen molar-refractivity contribution in [3.63, 3.8) is 0 Å². The van der Waals surface area contributed by atoms with Gasteiger partial charge in [-0.2, -0.15) is 5.26 Å². The van der Waals surface area contributed by atoms with E-state index in [0.29, 0.717) is 0 Å². The number of alkyl halides is 3. The smallest absolute Gasteiger partial charge is 0.161 e. The van der Waals surface area contributed by atoms with E-state index in [1.54, 1.807) is 6.21 Å². The fraction of sp³-hybridized carbons (Fsp3) is 0.273. The maximum absolute atomic E-state index is 9.05. The largest absolute Gasteiger partial charge is 0.284 e. The van der Waals surface area contributed by atoms with Gasteiger partial charge in [0.2, 0.25) is 0 Å². The molecule has 0 fully saturated rings. The third kappa shape index (κ3) is 2.24. The second-order valence-corrected chi connectivity index (χ2v) is 10.4. The van der Waals surface area contributed by atoms with Crippen molar-refractivity contribution in [3.05, 3.63) is 35.4 Å². The van der Waals surface area contributed by atoms with Gasteiger partial charge in [0.15, 0.2) is 2.14 Å². The summed E-state index contributed by atoms with van der Waals surface area (Å²) in [6.45, 7) is 0. The van der Waals surface area contributed by atoms with Crippen molar-refractivity contribution in [1.82, 2.24) is 0 Å². The molecule has 1 aliphatic rings. The molecular weight excluding hydrogens is 400 g/mol. The predicted octanol–water partition coefficient (Wildman–Crippen LogP) is 4.26. The van der Waals surface area contributed by atoms with E-state index in [0.717, 1.165) is 11.1 Å². The molecule has 5 heteroatoms. The van der Waals surface area contributed by atoms with Crippen LogP contribution < -0.4 is 0 Å². The van der Waals surface area contributed by atoms with Crippen LogP contribution in [0.5, 0.6) is 0 Å². The molecule has 0 aliphatic carbocycles. The average Bonchev–Trinajstić information content (AvgIpc) is 2.26. The molecule has 0 saturated heterocycles. The summed E-state index contributed by atoms with van der Waals surface area (Å²) in [6.07, 6.45) is 1.70. The fourth-order valence-electron chi connectivity index (χ4n) is 1.74. The highest BCUT2D eigenvalue weighted by Crippen LogP contribution is 2.50. The summed E-state index contributed by atoms with van der Waals surface area (Å²) in [5.74, 6) is -0.248. The maximum atomic E-state index is 9.05. The molecule has 2 rings (SSSR count). The van der Waals surface area contributed by atoms with Crippen LogP contribution in [0.1, 0.15) is 23.1 Å². The number of nitriles is 1. The molecule has 2 nitrogen and oxygen atoms in total. The van der Waals surface area contributed by atoms with Gasteiger partial charge in [0.25, 0.3) is 0 Å². The Balaban J connectivity index is 2.54. The van der Waals surface area contributed by atoms with E-state index in [1.807, 2.05) is 24.3 Å². The number of fused-ring (bicyclic) bond motifs is 1. The molecule has 0 spiro atoms. The number of hydrogen-bond donors (Lipinski definition) is 0. The topological polar surface area (TPSA) is 36.1 Å². The maximum Gasteiger partial charge on any atom is 0.161 e. The predicted molar refractivity (Wildman–Crippen MR) is 75.5 cm³/mol. The summed E-state index contributed by atoms with van der Waals surface area (Å²) in [5.41, 5.74) is 2.08. The van der Waals surface area contributed by atoms with Crippen molar-refractivity contribution < 1.29 is 0 Å². The van der Waals surface area contributed by atoms with Gasteiger partial charge in [-0.15, -0.1) is 0 Å². The SMILES string of the molecule is N#CC1C=N[C@H](C(Br)(Br)Br)c2ccccc21. The molecule has 16 heavy (non-hydrogen) atoms. The standard InChI is InChI=1S/C11H7Br3N2/c12-11(13,14)10-9-4-2-1-3-8(9)7(5-15)6-16-10/h1-4,6-7,10H/t7?,10-/m0/s1. The van der Waals surface area contributed by atoms with Crippen molar-refractivity contribution in [2.24, 2.45) is 4.99 Å². The molecule has 0 saturated carbocycles. The third-order valence-electron chi connectivity index (χ3n) is 2.46. The van der Waals surface area contributed by atoms with Crippen LogP contribution in [0, 0.1) is 11.3 Å². The van der Waals surface area contributed by atoms with Gasteiger partial charge in [-0.05, 0) is 11.1 Å². The van der Waals surface area contributed by atoms with Gasteiger partial charge in [0, 0.05) is 6.21 Å². The normalized spacial score (nSPS) is 23.6. The van der Waals surface area contributed by atoms with Crippen molar-refractivity contribution in [3.8, 4) is 6.07 Å². The molecule has 1 heterocycles. The zero-order valence-electron chi connectivity index (χ0n) is 8.07. The number of halogens is 3. The van der Waals surface area contributed by atoms with E-state index in [-0.39, 0.29) is 12.0 Å². The summed E-state index contributed by atoms with van der Waals surface area (Å²) >= 11 is 10.5. The Hall–Kier alpha value is -0.180. The van der Waals surface area contributed by atoms with E-state index in [9.17, 15) is 0 Å². The first-order valence-corrected chi connectivity index (χ1v) is 7.00. The van der Waals surface area contributed by atoms with E-state index in [1.165, 1.54) is 0 Å². The van der Waals surface area contributed by atoms with Crippen LogP contribution in [-0.2, 0) is 0 Å². The minimum atomic E-state index is -0.472. The Bertz CT molecular complexity index is 471. The summed E-state index contributed by atoms with van der Waals surface area (Å²) < 4.78 is -0.472. The highest BCUT2D eigenvalue weighted by Gasteiger charge is 2.36. The zero-order valence-corrected chi connectivity index (χ0v) is 12.8. The molecule has 0 amide bonds. The van der Waals surface area contributed by atoms with Gasteiger partial charge in [0.1, 0.15) is 12.0 Å². The molecule has 1 unspecified atom stereocenters. The van der Waals surface area contributed by atoms with Crippen LogP contribution in [0.15, 0.2) is 29.3 Å². The monoisotopic (exact) mass is 404 g/mol.